The van der Waals surface area contributed by atoms with Crippen LogP contribution in [0.4, 0.5) is 10.5 Å². The van der Waals surface area contributed by atoms with E-state index in [1.165, 1.54) is 0 Å². The Kier molecular flexibility index (Phi) is 5.83. The Bertz CT molecular complexity index is 1040. The largest absolute Gasteiger partial charge is 0.450 e. The van der Waals surface area contributed by atoms with Gasteiger partial charge in [-0.1, -0.05) is 30.9 Å². The molecule has 1 aliphatic carbocycles. The van der Waals surface area contributed by atoms with Gasteiger partial charge in [-0.25, -0.2) is 4.79 Å². The van der Waals surface area contributed by atoms with Gasteiger partial charge in [0.15, 0.2) is 5.76 Å². The Morgan fingerprint density at radius 3 is 2.58 bits per heavy atom. The number of hydrogen-bond acceptors (Lipinski definition) is 4. The zero-order chi connectivity index (χ0) is 22.2. The van der Waals surface area contributed by atoms with Gasteiger partial charge in [-0.05, 0) is 38.8 Å². The first kappa shape index (κ1) is 21.5. The van der Waals surface area contributed by atoms with Crippen LogP contribution >= 0.6 is 11.6 Å². The zero-order valence-electron chi connectivity index (χ0n) is 17.8. The molecule has 1 saturated carbocycles. The van der Waals surface area contributed by atoms with Gasteiger partial charge in [0.2, 0.25) is 5.91 Å². The van der Waals surface area contributed by atoms with Crippen molar-refractivity contribution in [3.05, 3.63) is 28.5 Å². The summed E-state index contributed by atoms with van der Waals surface area (Å²) in [6.45, 7) is 4.85. The van der Waals surface area contributed by atoms with E-state index in [-0.39, 0.29) is 24.2 Å². The third-order valence-electron chi connectivity index (χ3n) is 6.28. The molecule has 4 amide bonds. The third-order valence-corrected chi connectivity index (χ3v) is 6.57. The Balaban J connectivity index is 1.69. The van der Waals surface area contributed by atoms with Crippen LogP contribution in [-0.2, 0) is 10.3 Å². The monoisotopic (exact) mass is 446 g/mol. The van der Waals surface area contributed by atoms with Gasteiger partial charge in [0.25, 0.3) is 5.91 Å². The summed E-state index contributed by atoms with van der Waals surface area (Å²) in [7, 11) is 0. The maximum Gasteiger partial charge on any atom is 0.319 e. The average molecular weight is 447 g/mol. The first-order chi connectivity index (χ1) is 14.9. The van der Waals surface area contributed by atoms with Crippen LogP contribution in [0.25, 0.3) is 11.0 Å². The molecule has 0 unspecified atom stereocenters. The summed E-state index contributed by atoms with van der Waals surface area (Å²) in [5.41, 5.74) is 1.31. The molecule has 3 N–H and O–H groups in total. The SMILES string of the molecule is CCN(CC)C(=O)CNC(=O)c1cc2cc(Cl)c3c(c2o1)C1(CCCCC1)NC(=O)N3. The number of fused-ring (bicyclic) bond motifs is 4. The van der Waals surface area contributed by atoms with Crippen molar-refractivity contribution in [2.75, 3.05) is 25.0 Å². The van der Waals surface area contributed by atoms with E-state index in [9.17, 15) is 14.4 Å². The van der Waals surface area contributed by atoms with Gasteiger partial charge in [0.05, 0.1) is 22.8 Å². The summed E-state index contributed by atoms with van der Waals surface area (Å²) < 4.78 is 6.00. The number of likely N-dealkylation sites (N-methyl/N-ethyl adjacent to an activating group) is 1. The van der Waals surface area contributed by atoms with Crippen LogP contribution in [0.5, 0.6) is 0 Å². The van der Waals surface area contributed by atoms with Gasteiger partial charge in [-0.3, -0.25) is 9.59 Å². The lowest BCUT2D eigenvalue weighted by molar-refractivity contribution is -0.129. The van der Waals surface area contributed by atoms with Crippen LogP contribution in [0.1, 0.15) is 62.1 Å². The molecule has 2 heterocycles. The van der Waals surface area contributed by atoms with Gasteiger partial charge in [-0.15, -0.1) is 0 Å². The van der Waals surface area contributed by atoms with Crippen molar-refractivity contribution in [2.24, 2.45) is 0 Å². The molecule has 2 aromatic rings. The van der Waals surface area contributed by atoms with Crippen molar-refractivity contribution in [2.45, 2.75) is 51.5 Å². The van der Waals surface area contributed by atoms with Crippen LogP contribution in [0, 0.1) is 0 Å². The molecule has 4 rings (SSSR count). The molecule has 1 spiro atoms. The highest BCUT2D eigenvalue weighted by atomic mass is 35.5. The number of benzene rings is 1. The van der Waals surface area contributed by atoms with E-state index in [4.69, 9.17) is 16.0 Å². The van der Waals surface area contributed by atoms with Crippen molar-refractivity contribution in [1.82, 2.24) is 15.5 Å². The number of carbonyl (C=O) groups is 3. The Labute approximate surface area is 185 Å². The van der Waals surface area contributed by atoms with Crippen molar-refractivity contribution < 1.29 is 18.8 Å². The molecule has 1 aliphatic heterocycles. The van der Waals surface area contributed by atoms with E-state index < -0.39 is 11.4 Å². The average Bonchev–Trinajstić information content (AvgIpc) is 3.17. The number of nitrogens with zero attached hydrogens (tertiary/aromatic N) is 1. The normalized spacial score (nSPS) is 17.1. The predicted octanol–water partition coefficient (Wildman–Crippen LogP) is 3.98. The second kappa shape index (κ2) is 8.42. The lowest BCUT2D eigenvalue weighted by Gasteiger charge is -2.42. The smallest absolute Gasteiger partial charge is 0.319 e. The highest BCUT2D eigenvalue weighted by Crippen LogP contribution is 2.48. The first-order valence-electron chi connectivity index (χ1n) is 10.8. The van der Waals surface area contributed by atoms with Crippen LogP contribution in [0.15, 0.2) is 16.5 Å². The van der Waals surface area contributed by atoms with E-state index >= 15 is 0 Å². The fourth-order valence-electron chi connectivity index (χ4n) is 4.73. The summed E-state index contributed by atoms with van der Waals surface area (Å²) in [5.74, 6) is -0.510. The number of hydrogen-bond donors (Lipinski definition) is 3. The molecule has 8 nitrogen and oxygen atoms in total. The molecule has 0 bridgehead atoms. The van der Waals surface area contributed by atoms with E-state index in [0.29, 0.717) is 34.8 Å². The third kappa shape index (κ3) is 3.84. The van der Waals surface area contributed by atoms with Crippen molar-refractivity contribution >= 4 is 46.1 Å². The maximum absolute atomic E-state index is 12.7. The molecule has 2 aliphatic rings. The molecule has 31 heavy (non-hydrogen) atoms. The van der Waals surface area contributed by atoms with Crippen molar-refractivity contribution in [3.8, 4) is 0 Å². The van der Waals surface area contributed by atoms with Crippen LogP contribution < -0.4 is 16.0 Å². The molecule has 0 atom stereocenters. The van der Waals surface area contributed by atoms with Crippen LogP contribution in [0.2, 0.25) is 5.02 Å². The quantitative estimate of drug-likeness (QED) is 0.646. The molecule has 9 heteroatoms. The Hall–Kier alpha value is -2.74. The molecule has 166 valence electrons. The maximum atomic E-state index is 12.7. The summed E-state index contributed by atoms with van der Waals surface area (Å²) in [6, 6.07) is 3.04. The molecule has 0 radical (unpaired) electrons. The topological polar surface area (TPSA) is 104 Å². The van der Waals surface area contributed by atoms with Crippen molar-refractivity contribution in [3.63, 3.8) is 0 Å². The number of anilines is 1. The van der Waals surface area contributed by atoms with E-state index in [1.807, 2.05) is 13.8 Å². The van der Waals surface area contributed by atoms with Crippen LogP contribution in [0.3, 0.4) is 0 Å². The lowest BCUT2D eigenvalue weighted by Crippen LogP contribution is -2.52. The standard InChI is InChI=1S/C22H27ClN4O4/c1-3-27(4-2)16(28)12-24-20(29)15-11-13-10-14(23)18-17(19(13)31-15)22(26-21(30)25-18)8-6-5-7-9-22/h10-11H,3-9,12H2,1-2H3,(H,24,29)(H2,25,26,30). The molecule has 1 aromatic carbocycles. The van der Waals surface area contributed by atoms with Gasteiger partial charge in [0.1, 0.15) is 5.58 Å². The highest BCUT2D eigenvalue weighted by molar-refractivity contribution is 6.35. The van der Waals surface area contributed by atoms with E-state index in [1.54, 1.807) is 17.0 Å². The Morgan fingerprint density at radius 2 is 1.90 bits per heavy atom. The highest BCUT2D eigenvalue weighted by Gasteiger charge is 2.43. The number of halogens is 1. The lowest BCUT2D eigenvalue weighted by atomic mass is 9.74. The van der Waals surface area contributed by atoms with Gasteiger partial charge >= 0.3 is 6.03 Å². The summed E-state index contributed by atoms with van der Waals surface area (Å²) in [4.78, 5) is 38.9. The molecule has 1 fully saturated rings. The second-order valence-electron chi connectivity index (χ2n) is 8.11. The van der Waals surface area contributed by atoms with Crippen LogP contribution in [-0.4, -0.2) is 42.4 Å². The van der Waals surface area contributed by atoms with E-state index in [2.05, 4.69) is 16.0 Å². The number of furan rings is 1. The number of urea groups is 1. The molecular weight excluding hydrogens is 420 g/mol. The van der Waals surface area contributed by atoms with E-state index in [0.717, 1.165) is 37.7 Å². The number of amides is 4. The first-order valence-corrected chi connectivity index (χ1v) is 11.2. The van der Waals surface area contributed by atoms with Gasteiger partial charge < -0.3 is 25.3 Å². The van der Waals surface area contributed by atoms with Crippen molar-refractivity contribution in [1.29, 1.82) is 0 Å². The van der Waals surface area contributed by atoms with Gasteiger partial charge in [-0.2, -0.15) is 0 Å². The molecular formula is C22H27ClN4O4. The minimum absolute atomic E-state index is 0.0992. The molecule has 1 aromatic heterocycles. The minimum Gasteiger partial charge on any atom is -0.450 e. The summed E-state index contributed by atoms with van der Waals surface area (Å²) >= 11 is 6.51. The number of carbonyl (C=O) groups excluding carboxylic acids is 3. The molecule has 0 saturated heterocycles. The number of nitrogens with one attached hydrogen (secondary N) is 3. The summed E-state index contributed by atoms with van der Waals surface area (Å²) in [6.07, 6.45) is 4.63. The fourth-order valence-corrected chi connectivity index (χ4v) is 4.99. The van der Waals surface area contributed by atoms with Gasteiger partial charge in [0, 0.05) is 24.0 Å². The number of rotatable bonds is 5. The Morgan fingerprint density at radius 1 is 1.19 bits per heavy atom. The predicted molar refractivity (Wildman–Crippen MR) is 118 cm³/mol. The fraction of sp³-hybridized carbons (Fsp3) is 0.500. The zero-order valence-corrected chi connectivity index (χ0v) is 18.5. The second-order valence-corrected chi connectivity index (χ2v) is 8.52. The summed E-state index contributed by atoms with van der Waals surface area (Å²) in [5, 5.41) is 9.63. The minimum atomic E-state index is -0.566.